The van der Waals surface area contributed by atoms with Gasteiger partial charge in [0.25, 0.3) is 5.91 Å². The summed E-state index contributed by atoms with van der Waals surface area (Å²) in [6, 6.07) is 8.09. The quantitative estimate of drug-likeness (QED) is 0.691. The van der Waals surface area contributed by atoms with E-state index < -0.39 is 0 Å². The third-order valence-corrected chi connectivity index (χ3v) is 4.94. The van der Waals surface area contributed by atoms with E-state index in [2.05, 4.69) is 14.9 Å². The highest BCUT2D eigenvalue weighted by molar-refractivity contribution is 5.92. The van der Waals surface area contributed by atoms with Gasteiger partial charge in [-0.15, -0.1) is 0 Å². The Kier molecular flexibility index (Phi) is 4.77. The van der Waals surface area contributed by atoms with Crippen LogP contribution in [0.4, 0.5) is 0 Å². The summed E-state index contributed by atoms with van der Waals surface area (Å²) in [5.74, 6) is 1.02. The van der Waals surface area contributed by atoms with Crippen LogP contribution in [0, 0.1) is 0 Å². The molecule has 4 rings (SSSR count). The summed E-state index contributed by atoms with van der Waals surface area (Å²) in [5, 5.41) is 1.98. The van der Waals surface area contributed by atoms with Gasteiger partial charge >= 0.3 is 0 Å². The first-order valence-electron chi connectivity index (χ1n) is 8.97. The highest BCUT2D eigenvalue weighted by Gasteiger charge is 2.29. The second kappa shape index (κ2) is 7.36. The van der Waals surface area contributed by atoms with E-state index in [0.717, 1.165) is 29.5 Å². The highest BCUT2D eigenvalue weighted by Crippen LogP contribution is 2.25. The Morgan fingerprint density at radius 1 is 1.37 bits per heavy atom. The van der Waals surface area contributed by atoms with E-state index >= 15 is 0 Å². The predicted octanol–water partition coefficient (Wildman–Crippen LogP) is 2.58. The number of oxazole rings is 1. The third kappa shape index (κ3) is 3.64. The molecule has 1 amide bonds. The van der Waals surface area contributed by atoms with Crippen LogP contribution in [0.3, 0.4) is 0 Å². The van der Waals surface area contributed by atoms with Crippen LogP contribution in [-0.2, 0) is 6.61 Å². The van der Waals surface area contributed by atoms with E-state index in [1.165, 1.54) is 6.26 Å². The summed E-state index contributed by atoms with van der Waals surface area (Å²) < 4.78 is 11.3. The van der Waals surface area contributed by atoms with Crippen molar-refractivity contribution < 1.29 is 13.9 Å². The minimum absolute atomic E-state index is 0.0921. The second-order valence-electron chi connectivity index (χ2n) is 6.93. The number of ether oxygens (including phenoxy) is 1. The normalized spacial score (nSPS) is 17.0. The van der Waals surface area contributed by atoms with Crippen LogP contribution in [0.2, 0.25) is 0 Å². The summed E-state index contributed by atoms with van der Waals surface area (Å²) in [4.78, 5) is 25.0. The van der Waals surface area contributed by atoms with Gasteiger partial charge in [0.15, 0.2) is 12.3 Å². The molecule has 1 unspecified atom stereocenters. The number of pyridine rings is 1. The highest BCUT2D eigenvalue weighted by atomic mass is 16.5. The standard InChI is InChI=1S/C20H22N4O3/c1-23(2)15-7-9-24(11-15)20(25)17-12-27-19(22-17)13-26-18-5-3-4-14-10-21-8-6-16(14)18/h3-6,8,10,12,15H,7,9,11,13H2,1-2H3. The van der Waals surface area contributed by atoms with Crippen LogP contribution >= 0.6 is 0 Å². The average Bonchev–Trinajstić information content (AvgIpc) is 3.35. The van der Waals surface area contributed by atoms with Gasteiger partial charge in [-0.2, -0.15) is 0 Å². The number of carbonyl (C=O) groups excluding carboxylic acids is 1. The maximum atomic E-state index is 12.6. The van der Waals surface area contributed by atoms with E-state index in [-0.39, 0.29) is 12.5 Å². The maximum absolute atomic E-state index is 12.6. The first-order valence-corrected chi connectivity index (χ1v) is 8.97. The Morgan fingerprint density at radius 2 is 2.26 bits per heavy atom. The van der Waals surface area contributed by atoms with Crippen LogP contribution < -0.4 is 4.74 Å². The molecule has 7 nitrogen and oxygen atoms in total. The van der Waals surface area contributed by atoms with Crippen molar-refractivity contribution in [2.45, 2.75) is 19.1 Å². The summed E-state index contributed by atoms with van der Waals surface area (Å²) in [6.07, 6.45) is 5.91. The summed E-state index contributed by atoms with van der Waals surface area (Å²) in [7, 11) is 4.07. The number of aromatic nitrogens is 2. The van der Waals surface area contributed by atoms with Crippen molar-refractivity contribution in [3.8, 4) is 5.75 Å². The van der Waals surface area contributed by atoms with Crippen molar-refractivity contribution in [3.05, 3.63) is 54.5 Å². The Balaban J connectivity index is 1.42. The number of hydrogen-bond donors (Lipinski definition) is 0. The molecular weight excluding hydrogens is 344 g/mol. The molecule has 1 aliphatic rings. The van der Waals surface area contributed by atoms with Crippen LogP contribution in [0.15, 0.2) is 47.3 Å². The molecule has 27 heavy (non-hydrogen) atoms. The molecule has 140 valence electrons. The molecule has 3 aromatic rings. The lowest BCUT2D eigenvalue weighted by atomic mass is 10.1. The van der Waals surface area contributed by atoms with Gasteiger partial charge in [-0.25, -0.2) is 4.98 Å². The van der Waals surface area contributed by atoms with Crippen molar-refractivity contribution >= 4 is 16.7 Å². The van der Waals surface area contributed by atoms with Crippen molar-refractivity contribution in [3.63, 3.8) is 0 Å². The van der Waals surface area contributed by atoms with Crippen molar-refractivity contribution in [2.24, 2.45) is 0 Å². The van der Waals surface area contributed by atoms with E-state index in [4.69, 9.17) is 9.15 Å². The molecular formula is C20H22N4O3. The van der Waals surface area contributed by atoms with Gasteiger partial charge in [0, 0.05) is 42.3 Å². The number of fused-ring (bicyclic) bond motifs is 1. The van der Waals surface area contributed by atoms with Crippen LogP contribution in [0.1, 0.15) is 22.8 Å². The van der Waals surface area contributed by atoms with Gasteiger partial charge in [-0.1, -0.05) is 12.1 Å². The molecule has 3 heterocycles. The molecule has 2 aromatic heterocycles. The van der Waals surface area contributed by atoms with E-state index in [1.807, 2.05) is 43.3 Å². The average molecular weight is 366 g/mol. The molecule has 1 saturated heterocycles. The van der Waals surface area contributed by atoms with E-state index in [0.29, 0.717) is 24.2 Å². The number of benzene rings is 1. The van der Waals surface area contributed by atoms with Crippen molar-refractivity contribution in [1.82, 2.24) is 19.8 Å². The zero-order valence-electron chi connectivity index (χ0n) is 15.5. The molecule has 0 radical (unpaired) electrons. The van der Waals surface area contributed by atoms with Gasteiger partial charge in [0.05, 0.1) is 0 Å². The molecule has 0 bridgehead atoms. The Hall–Kier alpha value is -2.93. The topological polar surface area (TPSA) is 71.7 Å². The minimum atomic E-state index is -0.0921. The van der Waals surface area contributed by atoms with Gasteiger partial charge < -0.3 is 19.0 Å². The second-order valence-corrected chi connectivity index (χ2v) is 6.93. The zero-order valence-corrected chi connectivity index (χ0v) is 15.5. The molecule has 0 aliphatic carbocycles. The fraction of sp³-hybridized carbons (Fsp3) is 0.350. The summed E-state index contributed by atoms with van der Waals surface area (Å²) in [5.41, 5.74) is 0.329. The number of rotatable bonds is 5. The van der Waals surface area contributed by atoms with Crippen LogP contribution in [0.5, 0.6) is 5.75 Å². The van der Waals surface area contributed by atoms with Gasteiger partial charge in [0.1, 0.15) is 12.0 Å². The first-order chi connectivity index (χ1) is 13.1. The lowest BCUT2D eigenvalue weighted by molar-refractivity contribution is 0.0777. The first kappa shape index (κ1) is 17.5. The lowest BCUT2D eigenvalue weighted by Crippen LogP contribution is -2.34. The molecule has 1 fully saturated rings. The molecule has 0 saturated carbocycles. The predicted molar refractivity (Wildman–Crippen MR) is 101 cm³/mol. The summed E-state index contributed by atoms with van der Waals surface area (Å²) >= 11 is 0. The number of hydrogen-bond acceptors (Lipinski definition) is 6. The van der Waals surface area contributed by atoms with Gasteiger partial charge in [-0.05, 0) is 32.6 Å². The molecule has 0 N–H and O–H groups in total. The van der Waals surface area contributed by atoms with Crippen LogP contribution in [-0.4, -0.2) is 58.9 Å². The fourth-order valence-corrected chi connectivity index (χ4v) is 3.34. The molecule has 1 aliphatic heterocycles. The van der Waals surface area contributed by atoms with E-state index in [1.54, 1.807) is 12.4 Å². The number of amides is 1. The van der Waals surface area contributed by atoms with Gasteiger partial charge in [0.2, 0.25) is 5.89 Å². The molecule has 0 spiro atoms. The smallest absolute Gasteiger partial charge is 0.275 e. The van der Waals surface area contributed by atoms with Gasteiger partial charge in [-0.3, -0.25) is 9.78 Å². The lowest BCUT2D eigenvalue weighted by Gasteiger charge is -2.19. The Morgan fingerprint density at radius 3 is 3.07 bits per heavy atom. The molecule has 7 heteroatoms. The SMILES string of the molecule is CN(C)C1CCN(C(=O)c2coc(COc3cccc4cnccc34)n2)C1. The molecule has 1 aromatic carbocycles. The van der Waals surface area contributed by atoms with E-state index in [9.17, 15) is 4.79 Å². The van der Waals surface area contributed by atoms with Crippen molar-refractivity contribution in [1.29, 1.82) is 0 Å². The monoisotopic (exact) mass is 366 g/mol. The van der Waals surface area contributed by atoms with Crippen molar-refractivity contribution in [2.75, 3.05) is 27.2 Å². The number of carbonyl (C=O) groups is 1. The summed E-state index contributed by atoms with van der Waals surface area (Å²) in [6.45, 7) is 1.62. The van der Waals surface area contributed by atoms with Crippen LogP contribution in [0.25, 0.3) is 10.8 Å². The third-order valence-electron chi connectivity index (χ3n) is 4.94. The Labute approximate surface area is 157 Å². The number of nitrogens with zero attached hydrogens (tertiary/aromatic N) is 4. The number of likely N-dealkylation sites (N-methyl/N-ethyl adjacent to an activating group) is 1. The molecule has 1 atom stereocenters. The number of likely N-dealkylation sites (tertiary alicyclic amines) is 1. The largest absolute Gasteiger partial charge is 0.483 e. The minimum Gasteiger partial charge on any atom is -0.483 e. The fourth-order valence-electron chi connectivity index (χ4n) is 3.34. The Bertz CT molecular complexity index is 948. The maximum Gasteiger partial charge on any atom is 0.275 e. The zero-order chi connectivity index (χ0) is 18.8.